The van der Waals surface area contributed by atoms with E-state index in [0.29, 0.717) is 18.3 Å². The van der Waals surface area contributed by atoms with Crippen molar-refractivity contribution in [2.45, 2.75) is 51.2 Å². The lowest BCUT2D eigenvalue weighted by molar-refractivity contribution is -0.00729. The zero-order valence-electron chi connectivity index (χ0n) is 12.7. The number of aliphatic hydroxyl groups excluding tert-OH is 1. The van der Waals surface area contributed by atoms with Crippen molar-refractivity contribution in [2.75, 3.05) is 13.7 Å². The number of ether oxygens (including phenoxy) is 1. The van der Waals surface area contributed by atoms with Gasteiger partial charge in [0.15, 0.2) is 5.82 Å². The van der Waals surface area contributed by atoms with E-state index in [1.165, 1.54) is 32.1 Å². The molecule has 4 aliphatic rings. The van der Waals surface area contributed by atoms with Crippen molar-refractivity contribution in [3.05, 3.63) is 11.6 Å². The number of nitrogens with zero attached hydrogens (tertiary/aromatic N) is 3. The van der Waals surface area contributed by atoms with Gasteiger partial charge in [0.25, 0.3) is 0 Å². The molecule has 0 aliphatic heterocycles. The van der Waals surface area contributed by atoms with Gasteiger partial charge in [-0.05, 0) is 55.8 Å². The van der Waals surface area contributed by atoms with E-state index in [0.717, 1.165) is 36.0 Å². The molecular formula is C16H25N3O2. The monoisotopic (exact) mass is 291 g/mol. The average Bonchev–Trinajstić information content (AvgIpc) is 2.87. The van der Waals surface area contributed by atoms with E-state index in [1.807, 2.05) is 0 Å². The summed E-state index contributed by atoms with van der Waals surface area (Å²) in [6.07, 6.45) is 6.98. The first-order valence-electron chi connectivity index (χ1n) is 8.32. The van der Waals surface area contributed by atoms with Crippen LogP contribution in [0.4, 0.5) is 0 Å². The van der Waals surface area contributed by atoms with Gasteiger partial charge in [0.2, 0.25) is 0 Å². The largest absolute Gasteiger partial charge is 0.388 e. The van der Waals surface area contributed by atoms with E-state index in [2.05, 4.69) is 14.8 Å². The first-order valence-corrected chi connectivity index (χ1v) is 8.32. The fraction of sp³-hybridized carbons (Fsp3) is 0.875. The Morgan fingerprint density at radius 2 is 1.76 bits per heavy atom. The Morgan fingerprint density at radius 1 is 1.10 bits per heavy atom. The van der Waals surface area contributed by atoms with Crippen LogP contribution in [-0.4, -0.2) is 33.6 Å². The Hall–Kier alpha value is -0.940. The molecule has 5 heteroatoms. The molecule has 0 unspecified atom stereocenters. The lowest BCUT2D eigenvalue weighted by Crippen LogP contribution is -2.44. The maximum Gasteiger partial charge on any atom is 0.158 e. The molecule has 0 aromatic carbocycles. The van der Waals surface area contributed by atoms with E-state index in [9.17, 15) is 5.11 Å². The zero-order chi connectivity index (χ0) is 14.4. The third-order valence-corrected chi connectivity index (χ3v) is 6.04. The molecule has 116 valence electrons. The maximum absolute atomic E-state index is 9.52. The molecule has 5 nitrogen and oxygen atoms in total. The van der Waals surface area contributed by atoms with Gasteiger partial charge in [-0.15, -0.1) is 10.2 Å². The molecule has 4 aliphatic carbocycles. The Bertz CT molecular complexity index is 486. The van der Waals surface area contributed by atoms with Crippen molar-refractivity contribution in [1.29, 1.82) is 0 Å². The topological polar surface area (TPSA) is 60.2 Å². The average molecular weight is 291 g/mol. The lowest BCUT2D eigenvalue weighted by Gasteiger charge is -2.54. The van der Waals surface area contributed by atoms with Crippen molar-refractivity contribution in [2.24, 2.45) is 23.7 Å². The van der Waals surface area contributed by atoms with Gasteiger partial charge in [-0.1, -0.05) is 0 Å². The summed E-state index contributed by atoms with van der Waals surface area (Å²) in [5, 5.41) is 18.2. The second-order valence-corrected chi connectivity index (χ2v) is 7.23. The molecule has 0 radical (unpaired) electrons. The van der Waals surface area contributed by atoms with Crippen LogP contribution in [0.15, 0.2) is 0 Å². The number of hydrogen-bond donors (Lipinski definition) is 1. The summed E-state index contributed by atoms with van der Waals surface area (Å²) in [7, 11) is 1.71. The molecule has 1 aromatic rings. The van der Waals surface area contributed by atoms with Crippen LogP contribution in [0.2, 0.25) is 0 Å². The Labute approximate surface area is 125 Å². The molecule has 4 fully saturated rings. The molecular weight excluding hydrogens is 266 g/mol. The quantitative estimate of drug-likeness (QED) is 0.901. The standard InChI is InChI=1S/C16H25N3O2/c1-21-3-2-19-14(9-20)17-18-16(19)15-12-5-10-4-11(7-12)8-13(15)6-10/h10-13,15,20H,2-9H2,1H3. The molecule has 21 heavy (non-hydrogen) atoms. The predicted molar refractivity (Wildman–Crippen MR) is 77.6 cm³/mol. The normalized spacial score (nSPS) is 37.3. The first-order chi connectivity index (χ1) is 10.3. The van der Waals surface area contributed by atoms with E-state index in [4.69, 9.17) is 4.74 Å². The third-order valence-electron chi connectivity index (χ3n) is 6.04. The summed E-state index contributed by atoms with van der Waals surface area (Å²) in [5.74, 6) is 5.88. The molecule has 0 spiro atoms. The summed E-state index contributed by atoms with van der Waals surface area (Å²) in [4.78, 5) is 0. The Balaban J connectivity index is 1.65. The molecule has 1 aromatic heterocycles. The Kier molecular flexibility index (Phi) is 3.50. The van der Waals surface area contributed by atoms with E-state index < -0.39 is 0 Å². The van der Waals surface area contributed by atoms with Gasteiger partial charge >= 0.3 is 0 Å². The minimum Gasteiger partial charge on any atom is -0.388 e. The van der Waals surface area contributed by atoms with Crippen LogP contribution in [-0.2, 0) is 17.9 Å². The highest BCUT2D eigenvalue weighted by molar-refractivity contribution is 5.12. The van der Waals surface area contributed by atoms with Gasteiger partial charge in [0.1, 0.15) is 12.4 Å². The Morgan fingerprint density at radius 3 is 2.33 bits per heavy atom. The number of rotatable bonds is 5. The molecule has 4 bridgehead atoms. The lowest BCUT2D eigenvalue weighted by atomic mass is 9.51. The van der Waals surface area contributed by atoms with Crippen LogP contribution >= 0.6 is 0 Å². The number of methoxy groups -OCH3 is 1. The van der Waals surface area contributed by atoms with E-state index >= 15 is 0 Å². The summed E-state index contributed by atoms with van der Waals surface area (Å²) in [5.41, 5.74) is 0. The van der Waals surface area contributed by atoms with E-state index in [1.54, 1.807) is 7.11 Å². The minimum atomic E-state index is -0.0377. The van der Waals surface area contributed by atoms with Gasteiger partial charge in [-0.2, -0.15) is 0 Å². The van der Waals surface area contributed by atoms with E-state index in [-0.39, 0.29) is 6.61 Å². The molecule has 0 atom stereocenters. The van der Waals surface area contributed by atoms with Gasteiger partial charge in [0.05, 0.1) is 6.61 Å². The SMILES string of the molecule is COCCn1c(CO)nnc1C1C2CC3CC(C2)CC1C3. The van der Waals surface area contributed by atoms with Crippen molar-refractivity contribution in [1.82, 2.24) is 14.8 Å². The first kappa shape index (κ1) is 13.7. The predicted octanol–water partition coefficient (Wildman–Crippen LogP) is 1.96. The van der Waals surface area contributed by atoms with Gasteiger partial charge in [0, 0.05) is 19.6 Å². The van der Waals surface area contributed by atoms with Crippen molar-refractivity contribution >= 4 is 0 Å². The second kappa shape index (κ2) is 5.36. The fourth-order valence-electron chi connectivity index (χ4n) is 5.49. The molecule has 1 N–H and O–H groups in total. The van der Waals surface area contributed by atoms with Crippen molar-refractivity contribution in [3.63, 3.8) is 0 Å². The summed E-state index contributed by atoms with van der Waals surface area (Å²) >= 11 is 0. The smallest absolute Gasteiger partial charge is 0.158 e. The number of hydrogen-bond acceptors (Lipinski definition) is 4. The maximum atomic E-state index is 9.52. The minimum absolute atomic E-state index is 0.0377. The molecule has 4 saturated carbocycles. The van der Waals surface area contributed by atoms with Crippen molar-refractivity contribution in [3.8, 4) is 0 Å². The number of aromatic nitrogens is 3. The highest BCUT2D eigenvalue weighted by Gasteiger charge is 2.50. The summed E-state index contributed by atoms with van der Waals surface area (Å²) in [6, 6.07) is 0. The van der Waals surface area contributed by atoms with Gasteiger partial charge < -0.3 is 14.4 Å². The van der Waals surface area contributed by atoms with Crippen LogP contribution < -0.4 is 0 Å². The molecule has 0 amide bonds. The third kappa shape index (κ3) is 2.21. The second-order valence-electron chi connectivity index (χ2n) is 7.23. The highest BCUT2D eigenvalue weighted by Crippen LogP contribution is 2.59. The molecule has 5 rings (SSSR count). The van der Waals surface area contributed by atoms with Gasteiger partial charge in [-0.25, -0.2) is 0 Å². The van der Waals surface area contributed by atoms with Gasteiger partial charge in [-0.3, -0.25) is 0 Å². The van der Waals surface area contributed by atoms with Crippen LogP contribution in [0.1, 0.15) is 49.7 Å². The molecule has 1 heterocycles. The fourth-order valence-corrected chi connectivity index (χ4v) is 5.49. The highest BCUT2D eigenvalue weighted by atomic mass is 16.5. The summed E-state index contributed by atoms with van der Waals surface area (Å²) < 4.78 is 7.34. The molecule has 0 saturated heterocycles. The van der Waals surface area contributed by atoms with Crippen molar-refractivity contribution < 1.29 is 9.84 Å². The van der Waals surface area contributed by atoms with Crippen LogP contribution in [0, 0.1) is 23.7 Å². The zero-order valence-corrected chi connectivity index (χ0v) is 12.7. The van der Waals surface area contributed by atoms with Crippen LogP contribution in [0.5, 0.6) is 0 Å². The van der Waals surface area contributed by atoms with Crippen LogP contribution in [0.3, 0.4) is 0 Å². The number of aliphatic hydroxyl groups is 1. The summed E-state index contributed by atoms with van der Waals surface area (Å²) in [6.45, 7) is 1.35. The van der Waals surface area contributed by atoms with Crippen LogP contribution in [0.25, 0.3) is 0 Å².